The normalized spacial score (nSPS) is 32.7. The van der Waals surface area contributed by atoms with Crippen molar-refractivity contribution in [3.8, 4) is 0 Å². The van der Waals surface area contributed by atoms with E-state index in [1.807, 2.05) is 4.90 Å². The van der Waals surface area contributed by atoms with Gasteiger partial charge in [-0.15, -0.1) is 0 Å². The second-order valence-electron chi connectivity index (χ2n) is 4.47. The number of hydrogen-bond acceptors (Lipinski definition) is 2. The second kappa shape index (κ2) is 2.46. The highest BCUT2D eigenvalue weighted by Crippen LogP contribution is 2.45. The van der Waals surface area contributed by atoms with Crippen molar-refractivity contribution in [3.63, 3.8) is 0 Å². The lowest BCUT2D eigenvalue weighted by Gasteiger charge is -2.20. The highest BCUT2D eigenvalue weighted by Gasteiger charge is 2.42. The molecule has 1 saturated heterocycles. The topological polar surface area (TPSA) is 46.3 Å². The number of amides is 1. The molecule has 2 aliphatic rings. The first kappa shape index (κ1) is 8.05. The van der Waals surface area contributed by atoms with E-state index in [1.54, 1.807) is 0 Å². The van der Waals surface area contributed by atoms with Gasteiger partial charge in [0.2, 0.25) is 5.91 Å². The van der Waals surface area contributed by atoms with Crippen LogP contribution >= 0.6 is 0 Å². The summed E-state index contributed by atoms with van der Waals surface area (Å²) in [5.41, 5.74) is 6.05. The second-order valence-corrected chi connectivity index (χ2v) is 4.47. The molecule has 0 radical (unpaired) electrons. The van der Waals surface area contributed by atoms with Crippen LogP contribution in [0.3, 0.4) is 0 Å². The van der Waals surface area contributed by atoms with Crippen molar-refractivity contribution in [2.45, 2.75) is 32.2 Å². The Balaban J connectivity index is 1.93. The average Bonchev–Trinajstić information content (AvgIpc) is 2.68. The zero-order chi connectivity index (χ0) is 8.77. The number of rotatable bonds is 2. The number of carbonyl (C=O) groups excluding carboxylic acids is 1. The molecular formula is C9H16N2O. The van der Waals surface area contributed by atoms with Crippen molar-refractivity contribution < 1.29 is 4.79 Å². The maximum absolute atomic E-state index is 11.4. The summed E-state index contributed by atoms with van der Waals surface area (Å²) in [6.07, 6.45) is 3.38. The molecule has 1 atom stereocenters. The largest absolute Gasteiger partial charge is 0.341 e. The molecule has 1 saturated carbocycles. The summed E-state index contributed by atoms with van der Waals surface area (Å²) in [6.45, 7) is 4.04. The third kappa shape index (κ3) is 1.33. The first-order valence-electron chi connectivity index (χ1n) is 4.65. The van der Waals surface area contributed by atoms with Crippen LogP contribution in [0.4, 0.5) is 0 Å². The van der Waals surface area contributed by atoms with Crippen LogP contribution in [0.2, 0.25) is 0 Å². The van der Waals surface area contributed by atoms with Crippen molar-refractivity contribution in [2.24, 2.45) is 11.1 Å². The standard InChI is InChI=1S/C9H16N2O/c1-9(3-4-9)6-11-5-2-7(10)8(11)12/h7H,2-6,10H2,1H3. The monoisotopic (exact) mass is 168 g/mol. The van der Waals surface area contributed by atoms with Gasteiger partial charge in [0, 0.05) is 13.1 Å². The summed E-state index contributed by atoms with van der Waals surface area (Å²) < 4.78 is 0. The van der Waals surface area contributed by atoms with Crippen LogP contribution in [0, 0.1) is 5.41 Å². The number of nitrogens with two attached hydrogens (primary N) is 1. The summed E-state index contributed by atoms with van der Waals surface area (Å²) in [6, 6.07) is -0.215. The van der Waals surface area contributed by atoms with Crippen LogP contribution in [-0.2, 0) is 4.79 Å². The van der Waals surface area contributed by atoms with E-state index in [0.29, 0.717) is 5.41 Å². The zero-order valence-corrected chi connectivity index (χ0v) is 7.55. The Morgan fingerprint density at radius 1 is 1.67 bits per heavy atom. The Morgan fingerprint density at radius 3 is 2.75 bits per heavy atom. The van der Waals surface area contributed by atoms with Crippen LogP contribution in [0.25, 0.3) is 0 Å². The van der Waals surface area contributed by atoms with E-state index in [4.69, 9.17) is 5.73 Å². The van der Waals surface area contributed by atoms with E-state index in [0.717, 1.165) is 19.5 Å². The number of likely N-dealkylation sites (tertiary alicyclic amines) is 1. The lowest BCUT2D eigenvalue weighted by molar-refractivity contribution is -0.129. The van der Waals surface area contributed by atoms with Crippen molar-refractivity contribution in [3.05, 3.63) is 0 Å². The van der Waals surface area contributed by atoms with Crippen molar-refractivity contribution in [1.29, 1.82) is 0 Å². The minimum atomic E-state index is -0.215. The molecule has 2 rings (SSSR count). The maximum atomic E-state index is 11.4. The maximum Gasteiger partial charge on any atom is 0.239 e. The Kier molecular flexibility index (Phi) is 1.65. The Labute approximate surface area is 72.9 Å². The molecule has 2 fully saturated rings. The molecular weight excluding hydrogens is 152 g/mol. The van der Waals surface area contributed by atoms with Crippen LogP contribution in [0.15, 0.2) is 0 Å². The summed E-state index contributed by atoms with van der Waals surface area (Å²) in [7, 11) is 0. The summed E-state index contributed by atoms with van der Waals surface area (Å²) in [4.78, 5) is 13.3. The molecule has 0 aromatic carbocycles. The van der Waals surface area contributed by atoms with Gasteiger partial charge in [-0.05, 0) is 24.7 Å². The van der Waals surface area contributed by atoms with Crippen molar-refractivity contribution in [1.82, 2.24) is 4.90 Å². The number of carbonyl (C=O) groups is 1. The van der Waals surface area contributed by atoms with Gasteiger partial charge in [-0.3, -0.25) is 4.79 Å². The van der Waals surface area contributed by atoms with Gasteiger partial charge in [0.05, 0.1) is 6.04 Å². The van der Waals surface area contributed by atoms with Gasteiger partial charge < -0.3 is 10.6 Å². The zero-order valence-electron chi connectivity index (χ0n) is 7.55. The molecule has 1 heterocycles. The van der Waals surface area contributed by atoms with Gasteiger partial charge in [0.1, 0.15) is 0 Å². The predicted octanol–water partition coefficient (Wildman–Crippen LogP) is 0.346. The van der Waals surface area contributed by atoms with E-state index in [2.05, 4.69) is 6.92 Å². The van der Waals surface area contributed by atoms with Crippen LogP contribution in [0.1, 0.15) is 26.2 Å². The van der Waals surface area contributed by atoms with Gasteiger partial charge >= 0.3 is 0 Å². The van der Waals surface area contributed by atoms with Crippen LogP contribution in [-0.4, -0.2) is 29.9 Å². The molecule has 3 nitrogen and oxygen atoms in total. The molecule has 1 amide bonds. The summed E-state index contributed by atoms with van der Waals surface area (Å²) >= 11 is 0. The van der Waals surface area contributed by atoms with Gasteiger partial charge in [-0.25, -0.2) is 0 Å². The quantitative estimate of drug-likeness (QED) is 0.646. The number of nitrogens with zero attached hydrogens (tertiary/aromatic N) is 1. The fraction of sp³-hybridized carbons (Fsp3) is 0.889. The van der Waals surface area contributed by atoms with Gasteiger partial charge in [0.25, 0.3) is 0 Å². The third-order valence-corrected chi connectivity index (χ3v) is 3.02. The van der Waals surface area contributed by atoms with Crippen molar-refractivity contribution in [2.75, 3.05) is 13.1 Å². The highest BCUT2D eigenvalue weighted by molar-refractivity contribution is 5.83. The van der Waals surface area contributed by atoms with E-state index in [-0.39, 0.29) is 11.9 Å². The fourth-order valence-electron chi connectivity index (χ4n) is 1.75. The van der Waals surface area contributed by atoms with Gasteiger partial charge in [-0.1, -0.05) is 6.92 Å². The first-order chi connectivity index (χ1) is 5.61. The molecule has 1 unspecified atom stereocenters. The van der Waals surface area contributed by atoms with Gasteiger partial charge in [0.15, 0.2) is 0 Å². The highest BCUT2D eigenvalue weighted by atomic mass is 16.2. The number of hydrogen-bond donors (Lipinski definition) is 1. The first-order valence-corrected chi connectivity index (χ1v) is 4.65. The third-order valence-electron chi connectivity index (χ3n) is 3.02. The molecule has 0 bridgehead atoms. The Morgan fingerprint density at radius 2 is 2.33 bits per heavy atom. The smallest absolute Gasteiger partial charge is 0.239 e. The molecule has 2 N–H and O–H groups in total. The van der Waals surface area contributed by atoms with E-state index < -0.39 is 0 Å². The molecule has 0 aromatic heterocycles. The molecule has 0 aromatic rings. The fourth-order valence-corrected chi connectivity index (χ4v) is 1.75. The summed E-state index contributed by atoms with van der Waals surface area (Å²) in [5.74, 6) is 0.156. The van der Waals surface area contributed by atoms with E-state index >= 15 is 0 Å². The molecule has 68 valence electrons. The summed E-state index contributed by atoms with van der Waals surface area (Å²) in [5, 5.41) is 0. The Hall–Kier alpha value is -0.570. The molecule has 0 spiro atoms. The molecule has 3 heteroatoms. The van der Waals surface area contributed by atoms with E-state index in [9.17, 15) is 4.79 Å². The average molecular weight is 168 g/mol. The van der Waals surface area contributed by atoms with E-state index in [1.165, 1.54) is 12.8 Å². The minimum absolute atomic E-state index is 0.156. The lowest BCUT2D eigenvalue weighted by atomic mass is 10.1. The van der Waals surface area contributed by atoms with Crippen LogP contribution < -0.4 is 5.73 Å². The minimum Gasteiger partial charge on any atom is -0.341 e. The van der Waals surface area contributed by atoms with Crippen LogP contribution in [0.5, 0.6) is 0 Å². The molecule has 12 heavy (non-hydrogen) atoms. The van der Waals surface area contributed by atoms with Gasteiger partial charge in [-0.2, -0.15) is 0 Å². The predicted molar refractivity (Wildman–Crippen MR) is 46.5 cm³/mol. The SMILES string of the molecule is CC1(CN2CCC(N)C2=O)CC1. The lowest BCUT2D eigenvalue weighted by Crippen LogP contribution is -2.36. The molecule has 1 aliphatic heterocycles. The molecule has 1 aliphatic carbocycles. The van der Waals surface area contributed by atoms with Crippen molar-refractivity contribution >= 4 is 5.91 Å². The Bertz CT molecular complexity index is 211.